The Balaban J connectivity index is 2.89. The molecule has 0 aliphatic heterocycles. The Morgan fingerprint density at radius 2 is 1.61 bits per heavy atom. The molecule has 0 saturated heterocycles. The molecule has 7 heteroatoms. The summed E-state index contributed by atoms with van der Waals surface area (Å²) in [6.45, 7) is 0. The van der Waals surface area contributed by atoms with Crippen molar-refractivity contribution in [2.75, 3.05) is 7.11 Å². The van der Waals surface area contributed by atoms with E-state index in [-0.39, 0.29) is 5.56 Å². The fourth-order valence-corrected chi connectivity index (χ4v) is 1.63. The van der Waals surface area contributed by atoms with Gasteiger partial charge in [-0.15, -0.1) is 0 Å². The Hall–Kier alpha value is -0.690. The minimum absolute atomic E-state index is 0.268. The van der Waals surface area contributed by atoms with Crippen molar-refractivity contribution in [1.82, 2.24) is 0 Å². The number of hydrogen-bond acceptors (Lipinski definition) is 1. The van der Waals surface area contributed by atoms with E-state index in [9.17, 15) is 22.0 Å². The lowest BCUT2D eigenvalue weighted by Crippen LogP contribution is -2.38. The lowest BCUT2D eigenvalue weighted by molar-refractivity contribution is -0.291. The summed E-state index contributed by atoms with van der Waals surface area (Å²) in [5.74, 6) is -4.78. The number of benzene rings is 1. The molecule has 1 rings (SSSR count). The molecule has 0 amide bonds. The molecule has 0 N–H and O–H groups in total. The van der Waals surface area contributed by atoms with E-state index in [0.29, 0.717) is 4.47 Å². The van der Waals surface area contributed by atoms with Crippen LogP contribution in [0.2, 0.25) is 0 Å². The number of hydrogen-bond donors (Lipinski definition) is 0. The zero-order valence-corrected chi connectivity index (χ0v) is 10.9. The number of ether oxygens (including phenoxy) is 1. The summed E-state index contributed by atoms with van der Waals surface area (Å²) in [7, 11) is 1.10. The van der Waals surface area contributed by atoms with Gasteiger partial charge in [0.15, 0.2) is 0 Å². The third kappa shape index (κ3) is 3.65. The van der Waals surface area contributed by atoms with Gasteiger partial charge < -0.3 is 4.74 Å². The van der Waals surface area contributed by atoms with Gasteiger partial charge in [-0.05, 0) is 17.7 Å². The zero-order valence-electron chi connectivity index (χ0n) is 9.27. The molecule has 1 aromatic carbocycles. The Bertz CT molecular complexity index is 387. The van der Waals surface area contributed by atoms with Gasteiger partial charge in [0, 0.05) is 11.6 Å². The molecule has 0 radical (unpaired) electrons. The first-order valence-corrected chi connectivity index (χ1v) is 5.69. The molecule has 0 saturated carbocycles. The SMILES string of the molecule is COC(CC(F)(F)C(F)(F)F)c1ccc(Br)cc1. The molecule has 1 aromatic rings. The third-order valence-electron chi connectivity index (χ3n) is 2.38. The van der Waals surface area contributed by atoms with Crippen LogP contribution in [0, 0.1) is 0 Å². The van der Waals surface area contributed by atoms with Crippen LogP contribution in [0.3, 0.4) is 0 Å². The predicted molar refractivity (Wildman–Crippen MR) is 59.5 cm³/mol. The van der Waals surface area contributed by atoms with Crippen LogP contribution in [0.25, 0.3) is 0 Å². The van der Waals surface area contributed by atoms with Gasteiger partial charge in [0.05, 0.1) is 12.5 Å². The molecule has 1 atom stereocenters. The molecule has 0 spiro atoms. The first-order chi connectivity index (χ1) is 8.17. The highest BCUT2D eigenvalue weighted by molar-refractivity contribution is 9.10. The van der Waals surface area contributed by atoms with E-state index in [1.807, 2.05) is 0 Å². The van der Waals surface area contributed by atoms with Gasteiger partial charge in [0.1, 0.15) is 0 Å². The van der Waals surface area contributed by atoms with Crippen LogP contribution in [0.4, 0.5) is 22.0 Å². The van der Waals surface area contributed by atoms with Crippen molar-refractivity contribution in [3.63, 3.8) is 0 Å². The van der Waals surface area contributed by atoms with Crippen molar-refractivity contribution < 1.29 is 26.7 Å². The second kappa shape index (κ2) is 5.52. The van der Waals surface area contributed by atoms with Crippen LogP contribution in [0.15, 0.2) is 28.7 Å². The van der Waals surface area contributed by atoms with Gasteiger partial charge in [-0.1, -0.05) is 28.1 Å². The lowest BCUT2D eigenvalue weighted by atomic mass is 10.0. The molecule has 0 fully saturated rings. The largest absolute Gasteiger partial charge is 0.453 e. The van der Waals surface area contributed by atoms with Crippen LogP contribution in [-0.2, 0) is 4.74 Å². The molecular weight excluding hydrogens is 323 g/mol. The quantitative estimate of drug-likeness (QED) is 0.724. The fourth-order valence-electron chi connectivity index (χ4n) is 1.36. The Kier molecular flexibility index (Phi) is 4.72. The smallest absolute Gasteiger partial charge is 0.377 e. The van der Waals surface area contributed by atoms with Gasteiger partial charge >= 0.3 is 12.1 Å². The highest BCUT2D eigenvalue weighted by atomic mass is 79.9. The zero-order chi connectivity index (χ0) is 14.0. The maximum atomic E-state index is 12.9. The molecule has 1 nitrogen and oxygen atoms in total. The summed E-state index contributed by atoms with van der Waals surface area (Å²) in [6.07, 6.45) is -8.32. The minimum Gasteiger partial charge on any atom is -0.377 e. The minimum atomic E-state index is -5.57. The fraction of sp³-hybridized carbons (Fsp3) is 0.455. The molecule has 0 bridgehead atoms. The maximum Gasteiger partial charge on any atom is 0.453 e. The predicted octanol–water partition coefficient (Wildman–Crippen LogP) is 4.72. The number of alkyl halides is 5. The van der Waals surface area contributed by atoms with Crippen LogP contribution in [-0.4, -0.2) is 19.2 Å². The first kappa shape index (κ1) is 15.4. The molecular formula is C11H10BrF5O. The van der Waals surface area contributed by atoms with E-state index in [2.05, 4.69) is 15.9 Å². The van der Waals surface area contributed by atoms with E-state index in [0.717, 1.165) is 7.11 Å². The number of halogens is 6. The Morgan fingerprint density at radius 3 is 2.00 bits per heavy atom. The Morgan fingerprint density at radius 1 is 1.11 bits per heavy atom. The highest BCUT2D eigenvalue weighted by Crippen LogP contribution is 2.42. The van der Waals surface area contributed by atoms with Crippen molar-refractivity contribution in [1.29, 1.82) is 0 Å². The van der Waals surface area contributed by atoms with Crippen molar-refractivity contribution in [3.05, 3.63) is 34.3 Å². The molecule has 0 aliphatic carbocycles. The van der Waals surface area contributed by atoms with Crippen molar-refractivity contribution >= 4 is 15.9 Å². The van der Waals surface area contributed by atoms with Crippen molar-refractivity contribution in [2.45, 2.75) is 24.6 Å². The van der Waals surface area contributed by atoms with Gasteiger partial charge in [-0.25, -0.2) is 0 Å². The van der Waals surface area contributed by atoms with Gasteiger partial charge in [0.25, 0.3) is 0 Å². The summed E-state index contributed by atoms with van der Waals surface area (Å²) in [5, 5.41) is 0. The normalized spacial score (nSPS) is 14.6. The van der Waals surface area contributed by atoms with Crippen molar-refractivity contribution in [3.8, 4) is 0 Å². The summed E-state index contributed by atoms with van der Waals surface area (Å²) >= 11 is 3.14. The van der Waals surface area contributed by atoms with E-state index in [4.69, 9.17) is 4.74 Å². The second-order valence-electron chi connectivity index (χ2n) is 3.68. The topological polar surface area (TPSA) is 9.23 Å². The van der Waals surface area contributed by atoms with E-state index < -0.39 is 24.6 Å². The summed E-state index contributed by atoms with van der Waals surface area (Å²) in [5.41, 5.74) is 0.268. The summed E-state index contributed by atoms with van der Waals surface area (Å²) in [4.78, 5) is 0. The van der Waals surface area contributed by atoms with E-state index in [1.54, 1.807) is 12.1 Å². The molecule has 0 aromatic heterocycles. The van der Waals surface area contributed by atoms with E-state index >= 15 is 0 Å². The van der Waals surface area contributed by atoms with Crippen LogP contribution >= 0.6 is 15.9 Å². The molecule has 0 heterocycles. The van der Waals surface area contributed by atoms with E-state index in [1.165, 1.54) is 12.1 Å². The molecule has 0 aliphatic rings. The average molecular weight is 333 g/mol. The lowest BCUT2D eigenvalue weighted by Gasteiger charge is -2.24. The van der Waals surface area contributed by atoms with Crippen LogP contribution in [0.5, 0.6) is 0 Å². The molecule has 102 valence electrons. The van der Waals surface area contributed by atoms with Crippen LogP contribution < -0.4 is 0 Å². The summed E-state index contributed by atoms with van der Waals surface area (Å²) in [6, 6.07) is 5.97. The Labute approximate surface area is 109 Å². The monoisotopic (exact) mass is 332 g/mol. The third-order valence-corrected chi connectivity index (χ3v) is 2.91. The number of methoxy groups -OCH3 is 1. The highest BCUT2D eigenvalue weighted by Gasteiger charge is 2.58. The summed E-state index contributed by atoms with van der Waals surface area (Å²) < 4.78 is 67.5. The molecule has 1 unspecified atom stereocenters. The molecule has 18 heavy (non-hydrogen) atoms. The van der Waals surface area contributed by atoms with Crippen molar-refractivity contribution in [2.24, 2.45) is 0 Å². The van der Waals surface area contributed by atoms with Gasteiger partial charge in [0.2, 0.25) is 0 Å². The first-order valence-electron chi connectivity index (χ1n) is 4.90. The van der Waals surface area contributed by atoms with Crippen LogP contribution in [0.1, 0.15) is 18.1 Å². The number of rotatable bonds is 4. The standard InChI is InChI=1S/C11H10BrF5O/c1-18-9(6-10(13,14)11(15,16)17)7-2-4-8(12)5-3-7/h2-5,9H,6H2,1H3. The average Bonchev–Trinajstić information content (AvgIpc) is 2.25. The van der Waals surface area contributed by atoms with Gasteiger partial charge in [-0.3, -0.25) is 0 Å². The second-order valence-corrected chi connectivity index (χ2v) is 4.60. The van der Waals surface area contributed by atoms with Gasteiger partial charge in [-0.2, -0.15) is 22.0 Å². The maximum absolute atomic E-state index is 12.9.